The Kier molecular flexibility index (Phi) is 6.69. The summed E-state index contributed by atoms with van der Waals surface area (Å²) in [6.45, 7) is 15.9. The van der Waals surface area contributed by atoms with Crippen molar-refractivity contribution < 1.29 is 4.42 Å². The van der Waals surface area contributed by atoms with Gasteiger partial charge in [0.05, 0.1) is 28.0 Å². The zero-order chi connectivity index (χ0) is 30.7. The Bertz CT molecular complexity index is 2130. The molecule has 44 heavy (non-hydrogen) atoms. The first-order valence-electron chi connectivity index (χ1n) is 15.7. The highest BCUT2D eigenvalue weighted by atomic mass is 16.3. The first kappa shape index (κ1) is 28.1. The lowest BCUT2D eigenvalue weighted by atomic mass is 9.87. The van der Waals surface area contributed by atoms with Crippen LogP contribution in [0, 0.1) is 0 Å². The molecule has 0 unspecified atom stereocenters. The summed E-state index contributed by atoms with van der Waals surface area (Å²) in [6.07, 6.45) is 1.90. The molecule has 0 atom stereocenters. The maximum absolute atomic E-state index is 6.59. The summed E-state index contributed by atoms with van der Waals surface area (Å²) in [5.41, 5.74) is 11.8. The number of hydrogen-bond acceptors (Lipinski definition) is 3. The number of imidazole rings is 1. The highest BCUT2D eigenvalue weighted by molar-refractivity contribution is 6.09. The minimum Gasteiger partial charge on any atom is -0.455 e. The highest BCUT2D eigenvalue weighted by Crippen LogP contribution is 2.44. The van der Waals surface area contributed by atoms with E-state index in [4.69, 9.17) is 14.4 Å². The van der Waals surface area contributed by atoms with Gasteiger partial charge in [-0.3, -0.25) is 9.55 Å². The Labute approximate surface area is 259 Å². The molecule has 0 amide bonds. The summed E-state index contributed by atoms with van der Waals surface area (Å²) in [4.78, 5) is 10.4. The molecule has 0 aliphatic carbocycles. The second kappa shape index (κ2) is 10.5. The van der Waals surface area contributed by atoms with Crippen molar-refractivity contribution in [1.29, 1.82) is 0 Å². The van der Waals surface area contributed by atoms with Gasteiger partial charge in [0.2, 0.25) is 0 Å². The average Bonchev–Trinajstić information content (AvgIpc) is 3.59. The Hall–Kier alpha value is -4.70. The van der Waals surface area contributed by atoms with Crippen molar-refractivity contribution in [3.63, 3.8) is 0 Å². The van der Waals surface area contributed by atoms with Crippen molar-refractivity contribution in [2.45, 2.75) is 65.7 Å². The molecule has 0 saturated carbocycles. The zero-order valence-corrected chi connectivity index (χ0v) is 26.6. The molecule has 3 aromatic heterocycles. The molecule has 7 aromatic rings. The molecular formula is C40H39N3O. The van der Waals surface area contributed by atoms with Crippen LogP contribution in [-0.2, 0) is 5.41 Å². The third-order valence-electron chi connectivity index (χ3n) is 8.66. The van der Waals surface area contributed by atoms with Gasteiger partial charge in [0.1, 0.15) is 17.0 Å². The molecule has 4 nitrogen and oxygen atoms in total. The Morgan fingerprint density at radius 2 is 1.36 bits per heavy atom. The van der Waals surface area contributed by atoms with E-state index in [1.54, 1.807) is 0 Å². The van der Waals surface area contributed by atoms with Crippen molar-refractivity contribution in [3.05, 3.63) is 114 Å². The molecule has 3 heterocycles. The summed E-state index contributed by atoms with van der Waals surface area (Å²) in [7, 11) is 0. The largest absolute Gasteiger partial charge is 0.455 e. The highest BCUT2D eigenvalue weighted by Gasteiger charge is 2.29. The molecule has 0 bridgehead atoms. The third-order valence-corrected chi connectivity index (χ3v) is 8.66. The van der Waals surface area contributed by atoms with Crippen LogP contribution in [0.5, 0.6) is 0 Å². The number of nitrogens with zero attached hydrogens (tertiary/aromatic N) is 3. The van der Waals surface area contributed by atoms with E-state index in [-0.39, 0.29) is 17.3 Å². The van der Waals surface area contributed by atoms with Crippen LogP contribution in [0.4, 0.5) is 0 Å². The Morgan fingerprint density at radius 3 is 2.05 bits per heavy atom. The van der Waals surface area contributed by atoms with Crippen molar-refractivity contribution in [3.8, 4) is 28.2 Å². The zero-order valence-electron chi connectivity index (χ0n) is 26.6. The molecule has 4 heteroatoms. The van der Waals surface area contributed by atoms with Gasteiger partial charge in [0.15, 0.2) is 0 Å². The normalized spacial score (nSPS) is 12.4. The summed E-state index contributed by atoms with van der Waals surface area (Å²) in [6, 6.07) is 32.2. The fourth-order valence-corrected chi connectivity index (χ4v) is 6.51. The number of rotatable bonds is 5. The van der Waals surface area contributed by atoms with E-state index in [0.717, 1.165) is 50.1 Å². The van der Waals surface area contributed by atoms with Crippen LogP contribution in [0.2, 0.25) is 0 Å². The second-order valence-corrected chi connectivity index (χ2v) is 13.5. The van der Waals surface area contributed by atoms with Gasteiger partial charge >= 0.3 is 0 Å². The van der Waals surface area contributed by atoms with E-state index in [1.165, 1.54) is 27.9 Å². The lowest BCUT2D eigenvalue weighted by Crippen LogP contribution is -2.17. The van der Waals surface area contributed by atoms with Crippen molar-refractivity contribution in [2.75, 3.05) is 0 Å². The van der Waals surface area contributed by atoms with Gasteiger partial charge in [-0.05, 0) is 64.4 Å². The SMILES string of the molecule is CC(C)c1cc(-c2ccccc2)cc(C(C)C)c1-n1c(-c2cccc3c2oc2ccccc23)nc2ccnc(C(C)(C)C)c21. The fraction of sp³-hybridized carbons (Fsp3) is 0.250. The van der Waals surface area contributed by atoms with Gasteiger partial charge in [-0.1, -0.05) is 109 Å². The van der Waals surface area contributed by atoms with Gasteiger partial charge < -0.3 is 4.42 Å². The van der Waals surface area contributed by atoms with Gasteiger partial charge in [0.25, 0.3) is 0 Å². The molecule has 0 N–H and O–H groups in total. The first-order valence-corrected chi connectivity index (χ1v) is 15.7. The molecule has 4 aromatic carbocycles. The van der Waals surface area contributed by atoms with Crippen LogP contribution in [0.3, 0.4) is 0 Å². The number of aromatic nitrogens is 3. The Morgan fingerprint density at radius 1 is 0.705 bits per heavy atom. The van der Waals surface area contributed by atoms with Crippen LogP contribution in [0.25, 0.3) is 61.2 Å². The predicted octanol–water partition coefficient (Wildman–Crippen LogP) is 11.2. The van der Waals surface area contributed by atoms with Crippen molar-refractivity contribution in [1.82, 2.24) is 14.5 Å². The Balaban J connectivity index is 1.66. The van der Waals surface area contributed by atoms with E-state index < -0.39 is 0 Å². The van der Waals surface area contributed by atoms with E-state index in [0.29, 0.717) is 0 Å². The predicted molar refractivity (Wildman–Crippen MR) is 184 cm³/mol. The minimum absolute atomic E-state index is 0.195. The van der Waals surface area contributed by atoms with Crippen molar-refractivity contribution >= 4 is 33.0 Å². The van der Waals surface area contributed by atoms with Crippen LogP contribution < -0.4 is 0 Å². The number of furan rings is 1. The van der Waals surface area contributed by atoms with E-state index >= 15 is 0 Å². The van der Waals surface area contributed by atoms with E-state index in [9.17, 15) is 0 Å². The smallest absolute Gasteiger partial charge is 0.149 e. The van der Waals surface area contributed by atoms with E-state index in [1.807, 2.05) is 24.4 Å². The fourth-order valence-electron chi connectivity index (χ4n) is 6.51. The van der Waals surface area contributed by atoms with Crippen LogP contribution in [0.15, 0.2) is 102 Å². The summed E-state index contributed by atoms with van der Waals surface area (Å²) in [5, 5.41) is 2.21. The molecule has 7 rings (SSSR count). The third kappa shape index (κ3) is 4.52. The van der Waals surface area contributed by atoms with Crippen molar-refractivity contribution in [2.24, 2.45) is 0 Å². The lowest BCUT2D eigenvalue weighted by molar-refractivity contribution is 0.573. The van der Waals surface area contributed by atoms with Gasteiger partial charge in [-0.15, -0.1) is 0 Å². The first-order chi connectivity index (χ1) is 21.1. The summed E-state index contributed by atoms with van der Waals surface area (Å²) < 4.78 is 8.99. The second-order valence-electron chi connectivity index (χ2n) is 13.5. The quantitative estimate of drug-likeness (QED) is 0.204. The van der Waals surface area contributed by atoms with E-state index in [2.05, 4.69) is 126 Å². The number of benzene rings is 4. The molecular weight excluding hydrogens is 538 g/mol. The maximum atomic E-state index is 6.59. The minimum atomic E-state index is -0.195. The molecule has 0 aliphatic heterocycles. The topological polar surface area (TPSA) is 43.9 Å². The lowest BCUT2D eigenvalue weighted by Gasteiger charge is -2.26. The van der Waals surface area contributed by atoms with Crippen LogP contribution in [0.1, 0.15) is 77.1 Å². The maximum Gasteiger partial charge on any atom is 0.149 e. The molecule has 0 spiro atoms. The number of pyridine rings is 1. The number of hydrogen-bond donors (Lipinski definition) is 0. The average molecular weight is 578 g/mol. The summed E-state index contributed by atoms with van der Waals surface area (Å²) >= 11 is 0. The number of para-hydroxylation sites is 2. The monoisotopic (exact) mass is 577 g/mol. The van der Waals surface area contributed by atoms with Gasteiger partial charge in [-0.2, -0.15) is 0 Å². The molecule has 0 aliphatic rings. The van der Waals surface area contributed by atoms with Crippen LogP contribution >= 0.6 is 0 Å². The molecule has 220 valence electrons. The van der Waals surface area contributed by atoms with Gasteiger partial charge in [0, 0.05) is 22.4 Å². The standard InChI is InChI=1S/C40H39N3O/c1-24(2)31-22-27(26-14-9-8-10-15-26)23-32(25(3)4)35(31)43-36-33(20-21-41-38(36)40(5,6)7)42-39(43)30-18-13-17-29-28-16-11-12-19-34(28)44-37(29)30/h8-25H,1-7H3. The van der Waals surface area contributed by atoms with Crippen LogP contribution in [-0.4, -0.2) is 14.5 Å². The molecule has 0 radical (unpaired) electrons. The molecule has 0 saturated heterocycles. The molecule has 0 fully saturated rings. The summed E-state index contributed by atoms with van der Waals surface area (Å²) in [5.74, 6) is 1.42. The van der Waals surface area contributed by atoms with Gasteiger partial charge in [-0.25, -0.2) is 4.98 Å². The number of fused-ring (bicyclic) bond motifs is 4.